The molecule has 0 fully saturated rings. The highest BCUT2D eigenvalue weighted by molar-refractivity contribution is 6.24. The maximum absolute atomic E-state index is 13.3. The molecule has 0 aromatic heterocycles. The molecule has 0 spiro atoms. The van der Waals surface area contributed by atoms with Gasteiger partial charge < -0.3 is 15.5 Å². The Balaban J connectivity index is 1.44. The molecule has 0 aliphatic carbocycles. The highest BCUT2D eigenvalue weighted by atomic mass is 16.2. The number of rotatable bonds is 6. The van der Waals surface area contributed by atoms with Crippen LogP contribution in [0.3, 0.4) is 0 Å². The number of carbonyl (C=O) groups is 2. The van der Waals surface area contributed by atoms with Crippen molar-refractivity contribution in [3.63, 3.8) is 0 Å². The van der Waals surface area contributed by atoms with Crippen LogP contribution in [0.1, 0.15) is 28.2 Å². The van der Waals surface area contributed by atoms with Crippen LogP contribution in [-0.4, -0.2) is 36.5 Å². The zero-order valence-corrected chi connectivity index (χ0v) is 21.8. The molecule has 6 nitrogen and oxygen atoms in total. The molecule has 4 aromatic carbocycles. The summed E-state index contributed by atoms with van der Waals surface area (Å²) in [4.78, 5) is 32.6. The van der Waals surface area contributed by atoms with E-state index in [9.17, 15) is 9.59 Å². The molecule has 4 aromatic rings. The van der Waals surface area contributed by atoms with Gasteiger partial charge >= 0.3 is 5.91 Å². The fourth-order valence-electron chi connectivity index (χ4n) is 4.51. The van der Waals surface area contributed by atoms with Gasteiger partial charge in [-0.05, 0) is 67.2 Å². The fraction of sp³-hybridized carbons (Fsp3) is 0.121. The number of hydrogen-bond donors (Lipinski definition) is 2. The first kappa shape index (κ1) is 25.7. The van der Waals surface area contributed by atoms with E-state index in [1.807, 2.05) is 86.9 Å². The van der Waals surface area contributed by atoms with E-state index in [0.29, 0.717) is 22.6 Å². The van der Waals surface area contributed by atoms with Gasteiger partial charge in [0.1, 0.15) is 5.92 Å². The number of benzene rings is 4. The molecular weight excluding hydrogens is 484 g/mol. The van der Waals surface area contributed by atoms with Crippen molar-refractivity contribution in [2.45, 2.75) is 12.5 Å². The van der Waals surface area contributed by atoms with Crippen molar-refractivity contribution in [2.75, 3.05) is 24.7 Å². The van der Waals surface area contributed by atoms with Gasteiger partial charge in [-0.25, -0.2) is 0 Å². The van der Waals surface area contributed by atoms with E-state index in [4.69, 9.17) is 4.99 Å². The molecule has 1 aliphatic rings. The maximum atomic E-state index is 13.3. The molecule has 5 rings (SSSR count). The van der Waals surface area contributed by atoms with Crippen LogP contribution >= 0.6 is 0 Å². The Bertz CT molecular complexity index is 1580. The Morgan fingerprint density at radius 2 is 1.62 bits per heavy atom. The Kier molecular flexibility index (Phi) is 7.63. The summed E-state index contributed by atoms with van der Waals surface area (Å²) in [5.74, 6) is 4.39. The topological polar surface area (TPSA) is 73.8 Å². The number of nitrogens with one attached hydrogen (secondary N) is 2. The van der Waals surface area contributed by atoms with Crippen LogP contribution in [-0.2, 0) is 16.1 Å². The smallest absolute Gasteiger partial charge is 0.300 e. The van der Waals surface area contributed by atoms with Gasteiger partial charge in [-0.15, -0.1) is 0 Å². The lowest BCUT2D eigenvalue weighted by atomic mass is 9.90. The van der Waals surface area contributed by atoms with Crippen LogP contribution in [0, 0.1) is 11.8 Å². The molecule has 1 unspecified atom stereocenters. The summed E-state index contributed by atoms with van der Waals surface area (Å²) in [6.45, 7) is 0.840. The van der Waals surface area contributed by atoms with E-state index >= 15 is 0 Å². The van der Waals surface area contributed by atoms with Crippen LogP contribution in [0.15, 0.2) is 108 Å². The van der Waals surface area contributed by atoms with Crippen molar-refractivity contribution in [3.8, 4) is 11.8 Å². The molecular formula is C33H28N4O2. The van der Waals surface area contributed by atoms with Gasteiger partial charge in [0.05, 0.1) is 11.4 Å². The highest BCUT2D eigenvalue weighted by Gasteiger charge is 2.35. The molecule has 0 bridgehead atoms. The minimum absolute atomic E-state index is 0.149. The number of anilines is 2. The summed E-state index contributed by atoms with van der Waals surface area (Å²) in [6, 6.07) is 32.5. The number of para-hydroxylation sites is 1. The second kappa shape index (κ2) is 11.6. The molecule has 0 saturated heterocycles. The SMILES string of the molecule is CN(C)Cc1ccc(N=C(c2ccccc2)C2C(=O)Nc3cc(C#CC(=O)Nc4ccccc4)ccc32)cc1. The lowest BCUT2D eigenvalue weighted by Crippen LogP contribution is -2.21. The standard InChI is InChI=1S/C33H28N4O2/c1-37(2)22-24-13-17-27(18-14-24)35-32(25-9-5-3-6-10-25)31-28-19-15-23(21-29(28)36-33(31)39)16-20-30(38)34-26-11-7-4-8-12-26/h3-15,17-19,21,31H,22H2,1-2H3,(H,34,38)(H,36,39). The third kappa shape index (κ3) is 6.30. The van der Waals surface area contributed by atoms with E-state index in [-0.39, 0.29) is 5.91 Å². The highest BCUT2D eigenvalue weighted by Crippen LogP contribution is 2.37. The van der Waals surface area contributed by atoms with Crippen molar-refractivity contribution in [1.82, 2.24) is 4.90 Å². The molecule has 6 heteroatoms. The van der Waals surface area contributed by atoms with Gasteiger partial charge in [0.25, 0.3) is 0 Å². The number of amides is 2. The van der Waals surface area contributed by atoms with Crippen LogP contribution in [0.2, 0.25) is 0 Å². The normalized spacial score (nSPS) is 14.3. The third-order valence-corrected chi connectivity index (χ3v) is 6.26. The molecule has 192 valence electrons. The van der Waals surface area contributed by atoms with Crippen molar-refractivity contribution < 1.29 is 9.59 Å². The molecule has 1 heterocycles. The Morgan fingerprint density at radius 3 is 2.31 bits per heavy atom. The Labute approximate surface area is 228 Å². The van der Waals surface area contributed by atoms with Crippen molar-refractivity contribution in [1.29, 1.82) is 0 Å². The zero-order chi connectivity index (χ0) is 27.2. The van der Waals surface area contributed by atoms with E-state index in [1.165, 1.54) is 5.56 Å². The average Bonchev–Trinajstić information content (AvgIpc) is 3.27. The molecule has 0 radical (unpaired) electrons. The third-order valence-electron chi connectivity index (χ3n) is 6.26. The molecule has 0 saturated carbocycles. The maximum Gasteiger partial charge on any atom is 0.300 e. The van der Waals surface area contributed by atoms with E-state index in [2.05, 4.69) is 39.5 Å². The second-order valence-corrected chi connectivity index (χ2v) is 9.56. The molecule has 2 amide bonds. The van der Waals surface area contributed by atoms with E-state index in [1.54, 1.807) is 18.2 Å². The monoisotopic (exact) mass is 512 g/mol. The first-order valence-electron chi connectivity index (χ1n) is 12.7. The van der Waals surface area contributed by atoms with Gasteiger partial charge in [0, 0.05) is 29.4 Å². The first-order chi connectivity index (χ1) is 19.0. The van der Waals surface area contributed by atoms with Gasteiger partial charge in [-0.3, -0.25) is 14.6 Å². The number of aliphatic imine (C=N–C) groups is 1. The largest absolute Gasteiger partial charge is 0.325 e. The van der Waals surface area contributed by atoms with E-state index in [0.717, 1.165) is 23.4 Å². The van der Waals surface area contributed by atoms with Crippen molar-refractivity contribution in [3.05, 3.63) is 125 Å². The van der Waals surface area contributed by atoms with Crippen LogP contribution in [0.5, 0.6) is 0 Å². The Hall–Kier alpha value is -4.99. The minimum atomic E-state index is -0.577. The summed E-state index contributed by atoms with van der Waals surface area (Å²) in [6.07, 6.45) is 0. The van der Waals surface area contributed by atoms with Crippen molar-refractivity contribution >= 4 is 34.6 Å². The molecule has 2 N–H and O–H groups in total. The van der Waals surface area contributed by atoms with Gasteiger partial charge in [0.15, 0.2) is 0 Å². The van der Waals surface area contributed by atoms with Crippen LogP contribution in [0.25, 0.3) is 0 Å². The predicted molar refractivity (Wildman–Crippen MR) is 156 cm³/mol. The summed E-state index contributed by atoms with van der Waals surface area (Å²) in [7, 11) is 4.07. The van der Waals surface area contributed by atoms with Gasteiger partial charge in [-0.2, -0.15) is 0 Å². The summed E-state index contributed by atoms with van der Waals surface area (Å²) in [5, 5.41) is 5.74. The number of carbonyl (C=O) groups excluding carboxylic acids is 2. The van der Waals surface area contributed by atoms with Gasteiger partial charge in [-0.1, -0.05) is 72.7 Å². The Morgan fingerprint density at radius 1 is 0.923 bits per heavy atom. The zero-order valence-electron chi connectivity index (χ0n) is 21.8. The van der Waals surface area contributed by atoms with E-state index < -0.39 is 11.8 Å². The number of fused-ring (bicyclic) bond motifs is 1. The summed E-state index contributed by atoms with van der Waals surface area (Å²) >= 11 is 0. The first-order valence-corrected chi connectivity index (χ1v) is 12.7. The average molecular weight is 513 g/mol. The minimum Gasteiger partial charge on any atom is -0.325 e. The lowest BCUT2D eigenvalue weighted by molar-refractivity contribution is -0.115. The fourth-order valence-corrected chi connectivity index (χ4v) is 4.51. The van der Waals surface area contributed by atoms with Crippen molar-refractivity contribution in [2.24, 2.45) is 4.99 Å². The predicted octanol–water partition coefficient (Wildman–Crippen LogP) is 5.60. The van der Waals surface area contributed by atoms with Crippen LogP contribution in [0.4, 0.5) is 17.1 Å². The van der Waals surface area contributed by atoms with Crippen LogP contribution < -0.4 is 10.6 Å². The summed E-state index contributed by atoms with van der Waals surface area (Å²) < 4.78 is 0. The molecule has 1 atom stereocenters. The molecule has 39 heavy (non-hydrogen) atoms. The summed E-state index contributed by atoms with van der Waals surface area (Å²) in [5.41, 5.74) is 6.34. The van der Waals surface area contributed by atoms with Gasteiger partial charge in [0.2, 0.25) is 5.91 Å². The number of hydrogen-bond acceptors (Lipinski definition) is 4. The molecule has 1 aliphatic heterocycles. The lowest BCUT2D eigenvalue weighted by Gasteiger charge is -2.14. The quantitative estimate of drug-likeness (QED) is 0.261. The second-order valence-electron chi connectivity index (χ2n) is 9.56. The number of nitrogens with zero attached hydrogens (tertiary/aromatic N) is 2.